The van der Waals surface area contributed by atoms with E-state index in [1.807, 2.05) is 48.5 Å². The molecule has 0 saturated carbocycles. The molecule has 5 heteroatoms. The minimum Gasteiger partial charge on any atom is -0.504 e. The average molecular weight is 330 g/mol. The lowest BCUT2D eigenvalue weighted by Crippen LogP contribution is -1.93. The summed E-state index contributed by atoms with van der Waals surface area (Å²) < 4.78 is 1.77. The van der Waals surface area contributed by atoms with E-state index in [-0.39, 0.29) is 22.6 Å². The summed E-state index contributed by atoms with van der Waals surface area (Å²) in [6, 6.07) is 18.5. The Morgan fingerprint density at radius 2 is 1.48 bits per heavy atom. The number of para-hydroxylation sites is 2. The van der Waals surface area contributed by atoms with E-state index in [4.69, 9.17) is 0 Å². The highest BCUT2D eigenvalue weighted by Crippen LogP contribution is 2.30. The van der Waals surface area contributed by atoms with Gasteiger partial charge in [-0.15, -0.1) is 0 Å². The lowest BCUT2D eigenvalue weighted by atomic mass is 10.1. The standard InChI is InChI=1S/C20H14N2O3/c23-12-13-9-14(20(25)19(24)10-13)11-21-22-17-7-3-1-5-15(17)16-6-2-4-8-18(16)22/h1-12,24-25H/b21-11+. The van der Waals surface area contributed by atoms with Gasteiger partial charge >= 0.3 is 0 Å². The molecule has 0 spiro atoms. The van der Waals surface area contributed by atoms with Crippen LogP contribution in [0.5, 0.6) is 11.5 Å². The molecule has 0 aliphatic heterocycles. The number of aromatic hydroxyl groups is 2. The minimum atomic E-state index is -0.353. The monoisotopic (exact) mass is 330 g/mol. The normalized spacial score (nSPS) is 11.5. The Morgan fingerprint density at radius 1 is 0.880 bits per heavy atom. The fourth-order valence-electron chi connectivity index (χ4n) is 2.98. The molecule has 0 unspecified atom stereocenters. The topological polar surface area (TPSA) is 74.8 Å². The molecule has 0 bridgehead atoms. The number of phenols is 2. The summed E-state index contributed by atoms with van der Waals surface area (Å²) in [4.78, 5) is 11.0. The van der Waals surface area contributed by atoms with Crippen LogP contribution in [-0.4, -0.2) is 27.4 Å². The number of rotatable bonds is 3. The van der Waals surface area contributed by atoms with Crippen molar-refractivity contribution < 1.29 is 15.0 Å². The molecular formula is C20H14N2O3. The molecule has 122 valence electrons. The Balaban J connectivity index is 1.93. The fourth-order valence-corrected chi connectivity index (χ4v) is 2.98. The first kappa shape index (κ1) is 15.0. The van der Waals surface area contributed by atoms with Crippen molar-refractivity contribution in [3.63, 3.8) is 0 Å². The number of nitrogens with zero attached hydrogens (tertiary/aromatic N) is 2. The van der Waals surface area contributed by atoms with E-state index in [0.717, 1.165) is 21.8 Å². The van der Waals surface area contributed by atoms with Crippen molar-refractivity contribution >= 4 is 34.3 Å². The predicted molar refractivity (Wildman–Crippen MR) is 97.6 cm³/mol. The number of benzene rings is 3. The van der Waals surface area contributed by atoms with Gasteiger partial charge in [-0.25, -0.2) is 4.68 Å². The number of carbonyl (C=O) groups is 1. The Morgan fingerprint density at radius 3 is 2.08 bits per heavy atom. The summed E-state index contributed by atoms with van der Waals surface area (Å²) >= 11 is 0. The molecule has 0 radical (unpaired) electrons. The van der Waals surface area contributed by atoms with Gasteiger partial charge in [0.1, 0.15) is 6.29 Å². The van der Waals surface area contributed by atoms with E-state index >= 15 is 0 Å². The van der Waals surface area contributed by atoms with Crippen LogP contribution >= 0.6 is 0 Å². The Hall–Kier alpha value is -3.60. The molecule has 1 heterocycles. The van der Waals surface area contributed by atoms with Crippen LogP contribution in [0.3, 0.4) is 0 Å². The smallest absolute Gasteiger partial charge is 0.166 e. The largest absolute Gasteiger partial charge is 0.504 e. The molecule has 1 aromatic heterocycles. The van der Waals surface area contributed by atoms with Gasteiger partial charge in [0.05, 0.1) is 17.2 Å². The van der Waals surface area contributed by atoms with Gasteiger partial charge in [0.25, 0.3) is 0 Å². The number of fused-ring (bicyclic) bond motifs is 3. The molecule has 0 atom stereocenters. The van der Waals surface area contributed by atoms with E-state index in [2.05, 4.69) is 5.10 Å². The molecule has 3 aromatic carbocycles. The number of hydrogen-bond donors (Lipinski definition) is 2. The third-order valence-corrected chi connectivity index (χ3v) is 4.14. The molecular weight excluding hydrogens is 316 g/mol. The van der Waals surface area contributed by atoms with Crippen LogP contribution < -0.4 is 0 Å². The second-order valence-corrected chi connectivity index (χ2v) is 5.69. The number of hydrogen-bond acceptors (Lipinski definition) is 4. The summed E-state index contributed by atoms with van der Waals surface area (Å²) in [6.07, 6.45) is 2.04. The molecule has 0 fully saturated rings. The highest BCUT2D eigenvalue weighted by Gasteiger charge is 2.10. The lowest BCUT2D eigenvalue weighted by Gasteiger charge is -2.04. The zero-order valence-electron chi connectivity index (χ0n) is 13.1. The summed E-state index contributed by atoms with van der Waals surface area (Å²) in [6.45, 7) is 0. The zero-order valence-corrected chi connectivity index (χ0v) is 13.1. The van der Waals surface area contributed by atoms with Gasteiger partial charge in [0, 0.05) is 21.9 Å². The van der Waals surface area contributed by atoms with Crippen LogP contribution in [0.15, 0.2) is 65.8 Å². The molecule has 2 N–H and O–H groups in total. The van der Waals surface area contributed by atoms with Crippen molar-refractivity contribution in [2.24, 2.45) is 5.10 Å². The first-order valence-electron chi connectivity index (χ1n) is 7.73. The third-order valence-electron chi connectivity index (χ3n) is 4.14. The Labute approximate surface area is 143 Å². The van der Waals surface area contributed by atoms with E-state index in [0.29, 0.717) is 6.29 Å². The minimum absolute atomic E-state index is 0.263. The van der Waals surface area contributed by atoms with Crippen molar-refractivity contribution in [1.29, 1.82) is 0 Å². The van der Waals surface area contributed by atoms with E-state index < -0.39 is 0 Å². The lowest BCUT2D eigenvalue weighted by molar-refractivity contribution is 0.112. The number of aldehydes is 1. The molecule has 4 rings (SSSR count). The maximum absolute atomic E-state index is 11.0. The molecule has 4 aromatic rings. The molecule has 0 aliphatic carbocycles. The van der Waals surface area contributed by atoms with E-state index in [1.54, 1.807) is 4.68 Å². The zero-order chi connectivity index (χ0) is 17.4. The average Bonchev–Trinajstić information content (AvgIpc) is 2.97. The van der Waals surface area contributed by atoms with Gasteiger partial charge in [0.2, 0.25) is 0 Å². The third kappa shape index (κ3) is 2.42. The van der Waals surface area contributed by atoms with Crippen molar-refractivity contribution in [2.75, 3.05) is 0 Å². The van der Waals surface area contributed by atoms with Crippen LogP contribution in [0.4, 0.5) is 0 Å². The first-order chi connectivity index (χ1) is 12.2. The second-order valence-electron chi connectivity index (χ2n) is 5.69. The fraction of sp³-hybridized carbons (Fsp3) is 0. The Bertz CT molecular complexity index is 1090. The van der Waals surface area contributed by atoms with Crippen molar-refractivity contribution in [1.82, 2.24) is 4.68 Å². The van der Waals surface area contributed by atoms with Gasteiger partial charge in [-0.2, -0.15) is 5.10 Å². The number of carbonyl (C=O) groups excluding carboxylic acids is 1. The highest BCUT2D eigenvalue weighted by molar-refractivity contribution is 6.08. The first-order valence-corrected chi connectivity index (χ1v) is 7.73. The van der Waals surface area contributed by atoms with Gasteiger partial charge in [0.15, 0.2) is 11.5 Å². The van der Waals surface area contributed by atoms with Gasteiger partial charge in [-0.3, -0.25) is 4.79 Å². The number of aromatic nitrogens is 1. The van der Waals surface area contributed by atoms with Crippen LogP contribution in [-0.2, 0) is 0 Å². The van der Waals surface area contributed by atoms with Gasteiger partial charge in [-0.05, 0) is 24.3 Å². The maximum Gasteiger partial charge on any atom is 0.166 e. The van der Waals surface area contributed by atoms with Crippen LogP contribution in [0.25, 0.3) is 21.8 Å². The van der Waals surface area contributed by atoms with Crippen molar-refractivity contribution in [3.05, 3.63) is 71.8 Å². The number of phenolic OH excluding ortho intramolecular Hbond substituents is 2. The van der Waals surface area contributed by atoms with Crippen LogP contribution in [0, 0.1) is 0 Å². The molecule has 5 nitrogen and oxygen atoms in total. The molecule has 0 saturated heterocycles. The predicted octanol–water partition coefficient (Wildman–Crippen LogP) is 3.90. The van der Waals surface area contributed by atoms with Crippen molar-refractivity contribution in [3.8, 4) is 11.5 Å². The molecule has 0 amide bonds. The highest BCUT2D eigenvalue weighted by atomic mass is 16.3. The maximum atomic E-state index is 11.0. The summed E-state index contributed by atoms with van der Waals surface area (Å²) in [5.41, 5.74) is 2.38. The quantitative estimate of drug-likeness (QED) is 0.340. The van der Waals surface area contributed by atoms with E-state index in [1.165, 1.54) is 18.3 Å². The van der Waals surface area contributed by atoms with Crippen molar-refractivity contribution in [2.45, 2.75) is 0 Å². The molecule has 25 heavy (non-hydrogen) atoms. The van der Waals surface area contributed by atoms with Gasteiger partial charge in [-0.1, -0.05) is 36.4 Å². The van der Waals surface area contributed by atoms with E-state index in [9.17, 15) is 15.0 Å². The summed E-state index contributed by atoms with van der Waals surface area (Å²) in [5, 5.41) is 26.4. The summed E-state index contributed by atoms with van der Waals surface area (Å²) in [7, 11) is 0. The second kappa shape index (κ2) is 5.79. The summed E-state index contributed by atoms with van der Waals surface area (Å²) in [5.74, 6) is -0.664. The molecule has 0 aliphatic rings. The van der Waals surface area contributed by atoms with Crippen LogP contribution in [0.1, 0.15) is 15.9 Å². The Kier molecular flexibility index (Phi) is 3.47. The van der Waals surface area contributed by atoms with Gasteiger partial charge < -0.3 is 10.2 Å². The SMILES string of the molecule is O=Cc1cc(O)c(O)c(/C=N/n2c3ccccc3c3ccccc32)c1. The van der Waals surface area contributed by atoms with Crippen LogP contribution in [0.2, 0.25) is 0 Å².